The molecule has 1 fully saturated rings. The highest BCUT2D eigenvalue weighted by Gasteiger charge is 2.46. The summed E-state index contributed by atoms with van der Waals surface area (Å²) in [6, 6.07) is 18.7. The van der Waals surface area contributed by atoms with E-state index in [1.807, 2.05) is 6.07 Å². The quantitative estimate of drug-likeness (QED) is 0.332. The number of ketones is 1. The molecule has 1 N–H and O–H groups in total. The van der Waals surface area contributed by atoms with E-state index in [1.165, 1.54) is 4.90 Å². The van der Waals surface area contributed by atoms with Crippen LogP contribution < -0.4 is 4.74 Å². The number of ether oxygens (including phenoxy) is 1. The van der Waals surface area contributed by atoms with Gasteiger partial charge in [-0.2, -0.15) is 0 Å². The number of Topliss-reactive ketones (excluding diaryl/α,β-unsaturated/α-hetero) is 1. The number of nitrogens with zero attached hydrogens (tertiary/aromatic N) is 2. The Labute approximate surface area is 187 Å². The molecule has 0 aliphatic carbocycles. The Bertz CT molecular complexity index is 1160. The number of likely N-dealkylation sites (tertiary alicyclic amines) is 1. The number of halogens is 1. The van der Waals surface area contributed by atoms with Crippen molar-refractivity contribution in [1.29, 1.82) is 0 Å². The lowest BCUT2D eigenvalue weighted by molar-refractivity contribution is -0.140. The monoisotopic (exact) mass is 478 g/mol. The van der Waals surface area contributed by atoms with Crippen LogP contribution in [0, 0.1) is 0 Å². The molecule has 0 bridgehead atoms. The molecule has 1 amide bonds. The Morgan fingerprint density at radius 3 is 2.55 bits per heavy atom. The van der Waals surface area contributed by atoms with Crippen LogP contribution in [-0.4, -0.2) is 33.8 Å². The molecule has 4 rings (SSSR count). The number of hydrogen-bond donors (Lipinski definition) is 1. The summed E-state index contributed by atoms with van der Waals surface area (Å²) in [6.45, 7) is 0.129. The van der Waals surface area contributed by atoms with E-state index in [2.05, 4.69) is 20.9 Å². The number of pyridine rings is 1. The molecule has 2 heterocycles. The topological polar surface area (TPSA) is 79.7 Å². The van der Waals surface area contributed by atoms with Crippen molar-refractivity contribution in [2.45, 2.75) is 12.6 Å². The van der Waals surface area contributed by atoms with Crippen LogP contribution >= 0.6 is 15.9 Å². The first-order valence-electron chi connectivity index (χ1n) is 9.58. The first-order chi connectivity index (χ1) is 15.0. The molecular formula is C24H19BrN2O4. The molecule has 1 aliphatic rings. The fraction of sp³-hybridized carbons (Fsp3) is 0.125. The summed E-state index contributed by atoms with van der Waals surface area (Å²) in [5.74, 6) is -1.05. The number of carbonyl (C=O) groups excluding carboxylic acids is 2. The zero-order valence-electron chi connectivity index (χ0n) is 16.7. The standard InChI is InChI=1S/C24H19BrN2O4/c1-31-19-7-4-5-16(13-19)21-20(22(28)15-8-10-17(25)11-9-15)23(29)24(30)27(21)14-18-6-2-3-12-26-18/h2-13,21,28H,14H2,1H3/b22-20-. The number of methoxy groups -OCH3 is 1. The second-order valence-corrected chi connectivity index (χ2v) is 7.95. The van der Waals surface area contributed by atoms with Gasteiger partial charge in [-0.3, -0.25) is 14.6 Å². The normalized spacial score (nSPS) is 17.7. The van der Waals surface area contributed by atoms with Gasteiger partial charge in [-0.15, -0.1) is 0 Å². The zero-order valence-corrected chi connectivity index (χ0v) is 18.2. The number of aromatic nitrogens is 1. The van der Waals surface area contributed by atoms with Crippen molar-refractivity contribution in [3.05, 3.63) is 99.8 Å². The summed E-state index contributed by atoms with van der Waals surface area (Å²) in [5, 5.41) is 11.1. The number of hydrogen-bond acceptors (Lipinski definition) is 5. The third-order valence-corrected chi connectivity index (χ3v) is 5.65. The van der Waals surface area contributed by atoms with Gasteiger partial charge in [0, 0.05) is 16.2 Å². The van der Waals surface area contributed by atoms with Gasteiger partial charge in [0.15, 0.2) is 0 Å². The minimum atomic E-state index is -0.777. The van der Waals surface area contributed by atoms with E-state index in [-0.39, 0.29) is 17.9 Å². The Kier molecular flexibility index (Phi) is 5.86. The van der Waals surface area contributed by atoms with E-state index >= 15 is 0 Å². The lowest BCUT2D eigenvalue weighted by atomic mass is 9.95. The van der Waals surface area contributed by atoms with Crippen LogP contribution in [0.15, 0.2) is 83.0 Å². The summed E-state index contributed by atoms with van der Waals surface area (Å²) < 4.78 is 6.17. The molecule has 1 aliphatic heterocycles. The highest BCUT2D eigenvalue weighted by Crippen LogP contribution is 2.41. The summed E-state index contributed by atoms with van der Waals surface area (Å²) in [7, 11) is 1.55. The van der Waals surface area contributed by atoms with Crippen LogP contribution in [0.1, 0.15) is 22.9 Å². The summed E-state index contributed by atoms with van der Waals surface area (Å²) in [6.07, 6.45) is 1.63. The fourth-order valence-electron chi connectivity index (χ4n) is 3.63. The van der Waals surface area contributed by atoms with Gasteiger partial charge >= 0.3 is 0 Å². The largest absolute Gasteiger partial charge is 0.507 e. The van der Waals surface area contributed by atoms with Gasteiger partial charge in [0.1, 0.15) is 11.5 Å². The second-order valence-electron chi connectivity index (χ2n) is 7.03. The molecule has 1 saturated heterocycles. The third-order valence-electron chi connectivity index (χ3n) is 5.13. The van der Waals surface area contributed by atoms with Crippen molar-refractivity contribution in [3.63, 3.8) is 0 Å². The Hall–Kier alpha value is -3.45. The highest BCUT2D eigenvalue weighted by molar-refractivity contribution is 9.10. The molecule has 1 atom stereocenters. The number of aliphatic hydroxyl groups is 1. The number of aliphatic hydroxyl groups excluding tert-OH is 1. The van der Waals surface area contributed by atoms with Gasteiger partial charge in [-0.1, -0.05) is 46.3 Å². The van der Waals surface area contributed by atoms with Gasteiger partial charge in [-0.05, 0) is 42.0 Å². The van der Waals surface area contributed by atoms with Crippen LogP contribution in [-0.2, 0) is 16.1 Å². The molecule has 3 aromatic rings. The molecule has 1 aromatic heterocycles. The highest BCUT2D eigenvalue weighted by atomic mass is 79.9. The van der Waals surface area contributed by atoms with Crippen molar-refractivity contribution in [1.82, 2.24) is 9.88 Å². The van der Waals surface area contributed by atoms with E-state index in [1.54, 1.807) is 74.0 Å². The maximum atomic E-state index is 13.1. The number of rotatable bonds is 5. The van der Waals surface area contributed by atoms with Crippen molar-refractivity contribution in [2.24, 2.45) is 0 Å². The van der Waals surface area contributed by atoms with Gasteiger partial charge in [0.05, 0.1) is 31.0 Å². The predicted octanol–water partition coefficient (Wildman–Crippen LogP) is 4.47. The summed E-state index contributed by atoms with van der Waals surface area (Å²) >= 11 is 3.36. The number of benzene rings is 2. The first kappa shape index (κ1) is 20.8. The Balaban J connectivity index is 1.87. The lowest BCUT2D eigenvalue weighted by Gasteiger charge is -2.25. The van der Waals surface area contributed by atoms with Crippen molar-refractivity contribution in [2.75, 3.05) is 7.11 Å². The van der Waals surface area contributed by atoms with Crippen molar-refractivity contribution < 1.29 is 19.4 Å². The molecule has 0 saturated carbocycles. The SMILES string of the molecule is COc1cccc(C2/C(=C(/O)c3ccc(Br)cc3)C(=O)C(=O)N2Cc2ccccn2)c1. The van der Waals surface area contributed by atoms with Crippen LogP contribution in [0.3, 0.4) is 0 Å². The molecule has 0 radical (unpaired) electrons. The van der Waals surface area contributed by atoms with Crippen LogP contribution in [0.25, 0.3) is 5.76 Å². The van der Waals surface area contributed by atoms with Gasteiger partial charge in [0.2, 0.25) is 0 Å². The maximum Gasteiger partial charge on any atom is 0.296 e. The Morgan fingerprint density at radius 1 is 1.10 bits per heavy atom. The average molecular weight is 479 g/mol. The van der Waals surface area contributed by atoms with Crippen LogP contribution in [0.2, 0.25) is 0 Å². The molecule has 7 heteroatoms. The molecule has 1 unspecified atom stereocenters. The van der Waals surface area contributed by atoms with Crippen molar-refractivity contribution in [3.8, 4) is 5.75 Å². The molecule has 2 aromatic carbocycles. The van der Waals surface area contributed by atoms with Crippen LogP contribution in [0.5, 0.6) is 5.75 Å². The minimum absolute atomic E-state index is 0.0384. The van der Waals surface area contributed by atoms with Crippen LogP contribution in [0.4, 0.5) is 0 Å². The molecule has 6 nitrogen and oxygen atoms in total. The smallest absolute Gasteiger partial charge is 0.296 e. The average Bonchev–Trinajstić information content (AvgIpc) is 3.05. The lowest BCUT2D eigenvalue weighted by Crippen LogP contribution is -2.29. The third kappa shape index (κ3) is 4.09. The second kappa shape index (κ2) is 8.73. The molecule has 0 spiro atoms. The maximum absolute atomic E-state index is 13.1. The minimum Gasteiger partial charge on any atom is -0.507 e. The molecular weight excluding hydrogens is 460 g/mol. The van der Waals surface area contributed by atoms with Gasteiger partial charge in [0.25, 0.3) is 11.7 Å². The van der Waals surface area contributed by atoms with Crippen molar-refractivity contribution >= 4 is 33.4 Å². The summed E-state index contributed by atoms with van der Waals surface area (Å²) in [5.41, 5.74) is 1.79. The summed E-state index contributed by atoms with van der Waals surface area (Å²) in [4.78, 5) is 31.8. The fourth-order valence-corrected chi connectivity index (χ4v) is 3.90. The zero-order chi connectivity index (χ0) is 22.0. The van der Waals surface area contributed by atoms with E-state index < -0.39 is 17.7 Å². The van der Waals surface area contributed by atoms with Gasteiger partial charge < -0.3 is 14.7 Å². The van der Waals surface area contributed by atoms with E-state index in [4.69, 9.17) is 4.74 Å². The first-order valence-corrected chi connectivity index (χ1v) is 10.4. The van der Waals surface area contributed by atoms with Gasteiger partial charge in [-0.25, -0.2) is 0 Å². The molecule has 31 heavy (non-hydrogen) atoms. The van der Waals surface area contributed by atoms with E-state index in [9.17, 15) is 14.7 Å². The Morgan fingerprint density at radius 2 is 1.87 bits per heavy atom. The van der Waals surface area contributed by atoms with E-state index in [0.29, 0.717) is 22.6 Å². The van der Waals surface area contributed by atoms with E-state index in [0.717, 1.165) is 4.47 Å². The molecule has 156 valence electrons. The predicted molar refractivity (Wildman–Crippen MR) is 119 cm³/mol. The number of carbonyl (C=O) groups is 2. The number of amides is 1.